The summed E-state index contributed by atoms with van der Waals surface area (Å²) in [6.07, 6.45) is 1.78. The maximum Gasteiger partial charge on any atom is 0.123 e. The first-order valence-electron chi connectivity index (χ1n) is 4.90. The van der Waals surface area contributed by atoms with Crippen molar-refractivity contribution < 1.29 is 4.39 Å². The van der Waals surface area contributed by atoms with Crippen LogP contribution in [0.2, 0.25) is 0 Å². The number of hydrogen-bond donors (Lipinski definition) is 0. The second-order valence-electron chi connectivity index (χ2n) is 2.78. The molecular weight excluding hydrogens is 193 g/mol. The van der Waals surface area contributed by atoms with Crippen LogP contribution in [-0.4, -0.2) is 15.0 Å². The first kappa shape index (κ1) is 11.4. The summed E-state index contributed by atoms with van der Waals surface area (Å²) >= 11 is 0. The predicted octanol–water partition coefficient (Wildman–Crippen LogP) is 2.74. The topological polar surface area (TPSA) is 30.7 Å². The van der Waals surface area contributed by atoms with Gasteiger partial charge >= 0.3 is 0 Å². The minimum absolute atomic E-state index is 0.249. The molecule has 0 bridgehead atoms. The van der Waals surface area contributed by atoms with Crippen LogP contribution in [0, 0.1) is 12.7 Å². The molecule has 0 unspecified atom stereocenters. The van der Waals surface area contributed by atoms with Gasteiger partial charge < -0.3 is 0 Å². The van der Waals surface area contributed by atoms with Gasteiger partial charge in [0.05, 0.1) is 17.6 Å². The molecular formula is C11H14FN3. The van der Waals surface area contributed by atoms with Gasteiger partial charge in [0.25, 0.3) is 0 Å². The lowest BCUT2D eigenvalue weighted by atomic mass is 10.3. The molecule has 1 aromatic heterocycles. The van der Waals surface area contributed by atoms with E-state index in [-0.39, 0.29) is 5.82 Å². The van der Waals surface area contributed by atoms with Crippen molar-refractivity contribution in [2.45, 2.75) is 20.8 Å². The van der Waals surface area contributed by atoms with Crippen LogP contribution in [0.5, 0.6) is 0 Å². The Labute approximate surface area is 88.6 Å². The summed E-state index contributed by atoms with van der Waals surface area (Å²) in [7, 11) is 0. The Morgan fingerprint density at radius 1 is 1.13 bits per heavy atom. The zero-order chi connectivity index (χ0) is 11.3. The van der Waals surface area contributed by atoms with Crippen LogP contribution in [-0.2, 0) is 0 Å². The third-order valence-corrected chi connectivity index (χ3v) is 1.70. The first-order chi connectivity index (χ1) is 7.25. The fourth-order valence-electron chi connectivity index (χ4n) is 1.07. The monoisotopic (exact) mass is 207 g/mol. The van der Waals surface area contributed by atoms with Crippen LogP contribution < -0.4 is 0 Å². The molecule has 2 rings (SSSR count). The molecule has 0 aliphatic rings. The van der Waals surface area contributed by atoms with Crippen LogP contribution in [0.3, 0.4) is 0 Å². The van der Waals surface area contributed by atoms with E-state index in [1.54, 1.807) is 23.0 Å². The Balaban J connectivity index is 0.000000531. The number of halogens is 1. The van der Waals surface area contributed by atoms with E-state index in [9.17, 15) is 4.39 Å². The maximum atomic E-state index is 12.6. The molecule has 0 atom stereocenters. The predicted molar refractivity (Wildman–Crippen MR) is 57.4 cm³/mol. The molecule has 4 heteroatoms. The molecule has 1 aromatic carbocycles. The average molecular weight is 207 g/mol. The maximum absolute atomic E-state index is 12.6. The van der Waals surface area contributed by atoms with Gasteiger partial charge in [-0.05, 0) is 31.2 Å². The summed E-state index contributed by atoms with van der Waals surface area (Å²) in [6, 6.07) is 6.10. The van der Waals surface area contributed by atoms with Gasteiger partial charge in [-0.1, -0.05) is 19.1 Å². The number of benzene rings is 1. The highest BCUT2D eigenvalue weighted by Gasteiger charge is 1.98. The molecule has 0 radical (unpaired) electrons. The molecule has 0 saturated carbocycles. The molecule has 0 saturated heterocycles. The van der Waals surface area contributed by atoms with E-state index in [0.29, 0.717) is 0 Å². The molecule has 0 amide bonds. The fraction of sp³-hybridized carbons (Fsp3) is 0.273. The van der Waals surface area contributed by atoms with Crippen molar-refractivity contribution in [3.05, 3.63) is 42.0 Å². The molecule has 3 nitrogen and oxygen atoms in total. The molecule has 2 aromatic rings. The molecule has 0 aliphatic heterocycles. The highest BCUT2D eigenvalue weighted by molar-refractivity contribution is 5.30. The summed E-state index contributed by atoms with van der Waals surface area (Å²) in [4.78, 5) is 0. The lowest BCUT2D eigenvalue weighted by molar-refractivity contribution is 0.626. The standard InChI is InChI=1S/C9H8FN3.C2H6/c1-7-6-13(12-11-7)9-4-2-8(10)3-5-9;1-2/h2-6H,1H3;1-2H3. The zero-order valence-corrected chi connectivity index (χ0v) is 9.11. The van der Waals surface area contributed by atoms with Crippen molar-refractivity contribution in [2.24, 2.45) is 0 Å². The van der Waals surface area contributed by atoms with E-state index in [0.717, 1.165) is 11.4 Å². The van der Waals surface area contributed by atoms with Crippen molar-refractivity contribution in [1.29, 1.82) is 0 Å². The quantitative estimate of drug-likeness (QED) is 0.719. The summed E-state index contributed by atoms with van der Waals surface area (Å²) in [5, 5.41) is 7.69. The number of hydrogen-bond acceptors (Lipinski definition) is 2. The van der Waals surface area contributed by atoms with Gasteiger partial charge in [0, 0.05) is 0 Å². The van der Waals surface area contributed by atoms with Crippen molar-refractivity contribution in [3.63, 3.8) is 0 Å². The lowest BCUT2D eigenvalue weighted by Gasteiger charge is -1.97. The van der Waals surface area contributed by atoms with Crippen LogP contribution in [0.4, 0.5) is 4.39 Å². The molecule has 1 heterocycles. The lowest BCUT2D eigenvalue weighted by Crippen LogP contribution is -1.94. The SMILES string of the molecule is CC.Cc1cn(-c2ccc(F)cc2)nn1. The Bertz CT molecular complexity index is 406. The molecule has 15 heavy (non-hydrogen) atoms. The third kappa shape index (κ3) is 2.87. The minimum atomic E-state index is -0.249. The van der Waals surface area contributed by atoms with Crippen LogP contribution in [0.25, 0.3) is 5.69 Å². The normalized spacial score (nSPS) is 9.33. The summed E-state index contributed by atoms with van der Waals surface area (Å²) < 4.78 is 14.2. The van der Waals surface area contributed by atoms with Crippen LogP contribution in [0.15, 0.2) is 30.5 Å². The molecule has 0 N–H and O–H groups in total. The Morgan fingerprint density at radius 3 is 2.20 bits per heavy atom. The van der Waals surface area contributed by atoms with Gasteiger partial charge in [-0.2, -0.15) is 0 Å². The van der Waals surface area contributed by atoms with E-state index in [4.69, 9.17) is 0 Å². The van der Waals surface area contributed by atoms with Gasteiger partial charge in [-0.25, -0.2) is 9.07 Å². The largest absolute Gasteiger partial charge is 0.220 e. The number of nitrogens with zero attached hydrogens (tertiary/aromatic N) is 3. The Kier molecular flexibility index (Phi) is 3.97. The van der Waals surface area contributed by atoms with Gasteiger partial charge in [0.1, 0.15) is 5.82 Å². The summed E-state index contributed by atoms with van der Waals surface area (Å²) in [5.41, 5.74) is 1.64. The molecule has 0 aliphatic carbocycles. The van der Waals surface area contributed by atoms with E-state index in [1.807, 2.05) is 20.8 Å². The van der Waals surface area contributed by atoms with E-state index in [2.05, 4.69) is 10.3 Å². The zero-order valence-electron chi connectivity index (χ0n) is 9.11. The highest BCUT2D eigenvalue weighted by atomic mass is 19.1. The van der Waals surface area contributed by atoms with Crippen LogP contribution >= 0.6 is 0 Å². The smallest absolute Gasteiger partial charge is 0.123 e. The van der Waals surface area contributed by atoms with Gasteiger partial charge in [-0.15, -0.1) is 5.10 Å². The fourth-order valence-corrected chi connectivity index (χ4v) is 1.07. The van der Waals surface area contributed by atoms with Crippen LogP contribution in [0.1, 0.15) is 19.5 Å². The Morgan fingerprint density at radius 2 is 1.73 bits per heavy atom. The summed E-state index contributed by atoms with van der Waals surface area (Å²) in [6.45, 7) is 5.85. The number of aryl methyl sites for hydroxylation is 1. The van der Waals surface area contributed by atoms with Gasteiger partial charge in [0.2, 0.25) is 0 Å². The van der Waals surface area contributed by atoms with Crippen molar-refractivity contribution >= 4 is 0 Å². The second-order valence-corrected chi connectivity index (χ2v) is 2.78. The van der Waals surface area contributed by atoms with E-state index >= 15 is 0 Å². The van der Waals surface area contributed by atoms with Crippen molar-refractivity contribution in [1.82, 2.24) is 15.0 Å². The van der Waals surface area contributed by atoms with E-state index < -0.39 is 0 Å². The highest BCUT2D eigenvalue weighted by Crippen LogP contribution is 2.07. The molecule has 80 valence electrons. The first-order valence-corrected chi connectivity index (χ1v) is 4.90. The minimum Gasteiger partial charge on any atom is -0.220 e. The second kappa shape index (κ2) is 5.24. The van der Waals surface area contributed by atoms with Crippen molar-refractivity contribution in [3.8, 4) is 5.69 Å². The number of rotatable bonds is 1. The number of aromatic nitrogens is 3. The third-order valence-electron chi connectivity index (χ3n) is 1.70. The molecule has 0 fully saturated rings. The average Bonchev–Trinajstić information content (AvgIpc) is 2.69. The van der Waals surface area contributed by atoms with Crippen molar-refractivity contribution in [2.75, 3.05) is 0 Å². The summed E-state index contributed by atoms with van der Waals surface area (Å²) in [5.74, 6) is -0.249. The van der Waals surface area contributed by atoms with Gasteiger partial charge in [0.15, 0.2) is 0 Å². The Hall–Kier alpha value is -1.71. The van der Waals surface area contributed by atoms with Gasteiger partial charge in [-0.3, -0.25) is 0 Å². The molecule has 0 spiro atoms. The van der Waals surface area contributed by atoms with E-state index in [1.165, 1.54) is 12.1 Å².